The zero-order chi connectivity index (χ0) is 14.7. The molecule has 2 bridgehead atoms. The van der Waals surface area contributed by atoms with Crippen LogP contribution >= 0.6 is 0 Å². The second-order valence-corrected chi connectivity index (χ2v) is 7.30. The summed E-state index contributed by atoms with van der Waals surface area (Å²) >= 11 is 0. The summed E-state index contributed by atoms with van der Waals surface area (Å²) in [7, 11) is 4.31. The number of rotatable bonds is 7. The summed E-state index contributed by atoms with van der Waals surface area (Å²) in [4.78, 5) is 2.54. The van der Waals surface area contributed by atoms with Gasteiger partial charge in [-0.1, -0.05) is 30.7 Å². The molecule has 1 N–H and O–H groups in total. The van der Waals surface area contributed by atoms with Gasteiger partial charge in [0.2, 0.25) is 0 Å². The Balaban J connectivity index is 1.47. The summed E-state index contributed by atoms with van der Waals surface area (Å²) in [5.74, 6) is 3.09. The van der Waals surface area contributed by atoms with Crippen LogP contribution in [0.25, 0.3) is 0 Å². The fourth-order valence-corrected chi connectivity index (χ4v) is 4.46. The van der Waals surface area contributed by atoms with Gasteiger partial charge >= 0.3 is 0 Å². The molecule has 2 saturated carbocycles. The van der Waals surface area contributed by atoms with Gasteiger partial charge in [0, 0.05) is 13.1 Å². The van der Waals surface area contributed by atoms with Gasteiger partial charge in [-0.15, -0.1) is 0 Å². The van der Waals surface area contributed by atoms with Crippen LogP contribution in [0, 0.1) is 17.8 Å². The monoisotopic (exact) mass is 286 g/mol. The van der Waals surface area contributed by atoms with Crippen molar-refractivity contribution in [1.82, 2.24) is 10.2 Å². The lowest BCUT2D eigenvalue weighted by Crippen LogP contribution is -2.28. The van der Waals surface area contributed by atoms with Gasteiger partial charge in [0.15, 0.2) is 0 Å². The Morgan fingerprint density at radius 3 is 2.48 bits per heavy atom. The van der Waals surface area contributed by atoms with Crippen LogP contribution < -0.4 is 5.32 Å². The second kappa shape index (κ2) is 6.93. The van der Waals surface area contributed by atoms with E-state index in [9.17, 15) is 0 Å². The van der Waals surface area contributed by atoms with Gasteiger partial charge in [-0.25, -0.2) is 0 Å². The molecule has 3 atom stereocenters. The molecule has 2 aliphatic rings. The third-order valence-electron chi connectivity index (χ3n) is 5.57. The predicted molar refractivity (Wildman–Crippen MR) is 89.3 cm³/mol. The average Bonchev–Trinajstić information content (AvgIpc) is 3.09. The predicted octanol–water partition coefficient (Wildman–Crippen LogP) is 3.32. The van der Waals surface area contributed by atoms with E-state index in [1.54, 1.807) is 0 Å². The van der Waals surface area contributed by atoms with Crippen molar-refractivity contribution in [3.05, 3.63) is 35.4 Å². The van der Waals surface area contributed by atoms with E-state index in [4.69, 9.17) is 0 Å². The van der Waals surface area contributed by atoms with Gasteiger partial charge in [0.25, 0.3) is 0 Å². The number of nitrogens with zero attached hydrogens (tertiary/aromatic N) is 1. The molecular formula is C19H30N2. The lowest BCUT2D eigenvalue weighted by Gasteiger charge is -2.27. The highest BCUT2D eigenvalue weighted by atomic mass is 15.1. The van der Waals surface area contributed by atoms with E-state index in [1.165, 1.54) is 43.4 Å². The average molecular weight is 286 g/mol. The van der Waals surface area contributed by atoms with Crippen LogP contribution in [0.2, 0.25) is 0 Å². The first-order valence-corrected chi connectivity index (χ1v) is 8.65. The maximum absolute atomic E-state index is 3.21. The highest BCUT2D eigenvalue weighted by Gasteiger charge is 2.39. The Morgan fingerprint density at radius 2 is 1.86 bits per heavy atom. The van der Waals surface area contributed by atoms with Crippen LogP contribution in [0.4, 0.5) is 0 Å². The molecule has 1 aromatic rings. The maximum atomic E-state index is 3.21. The van der Waals surface area contributed by atoms with Crippen molar-refractivity contribution >= 4 is 0 Å². The molecule has 0 spiro atoms. The summed E-state index contributed by atoms with van der Waals surface area (Å²) in [6.07, 6.45) is 7.16. The van der Waals surface area contributed by atoms with Gasteiger partial charge in [0.1, 0.15) is 0 Å². The molecule has 3 rings (SSSR count). The topological polar surface area (TPSA) is 15.3 Å². The van der Waals surface area contributed by atoms with Crippen LogP contribution in [0.15, 0.2) is 24.3 Å². The van der Waals surface area contributed by atoms with Gasteiger partial charge in [0.05, 0.1) is 0 Å². The summed E-state index contributed by atoms with van der Waals surface area (Å²) < 4.78 is 0. The van der Waals surface area contributed by atoms with Crippen molar-refractivity contribution < 1.29 is 0 Å². The number of hydrogen-bond donors (Lipinski definition) is 1. The molecule has 116 valence electrons. The lowest BCUT2D eigenvalue weighted by molar-refractivity contribution is 0.214. The Hall–Kier alpha value is -0.860. The molecule has 2 heteroatoms. The summed E-state index contributed by atoms with van der Waals surface area (Å²) in [5, 5.41) is 3.21. The van der Waals surface area contributed by atoms with Crippen molar-refractivity contribution in [2.45, 2.75) is 38.6 Å². The summed E-state index contributed by atoms with van der Waals surface area (Å²) in [6, 6.07) is 9.20. The molecule has 0 aromatic heterocycles. The van der Waals surface area contributed by atoms with Crippen molar-refractivity contribution in [2.75, 3.05) is 27.2 Å². The third-order valence-corrected chi connectivity index (χ3v) is 5.57. The van der Waals surface area contributed by atoms with E-state index in [0.29, 0.717) is 0 Å². The number of hydrogen-bond acceptors (Lipinski definition) is 2. The fourth-order valence-electron chi connectivity index (χ4n) is 4.46. The minimum Gasteiger partial charge on any atom is -0.319 e. The van der Waals surface area contributed by atoms with Crippen molar-refractivity contribution in [3.8, 4) is 0 Å². The van der Waals surface area contributed by atoms with E-state index in [2.05, 4.69) is 41.5 Å². The molecule has 2 nitrogen and oxygen atoms in total. The van der Waals surface area contributed by atoms with Crippen molar-refractivity contribution in [2.24, 2.45) is 17.8 Å². The Morgan fingerprint density at radius 1 is 1.10 bits per heavy atom. The zero-order valence-electron chi connectivity index (χ0n) is 13.6. The van der Waals surface area contributed by atoms with Gasteiger partial charge in [-0.3, -0.25) is 0 Å². The molecule has 2 aliphatic carbocycles. The summed E-state index contributed by atoms with van der Waals surface area (Å²) in [6.45, 7) is 3.45. The van der Waals surface area contributed by atoms with E-state index in [1.807, 2.05) is 7.05 Å². The molecule has 0 aliphatic heterocycles. The first-order chi connectivity index (χ1) is 10.2. The molecule has 1 aromatic carbocycles. The third kappa shape index (κ3) is 3.87. The number of fused-ring (bicyclic) bond motifs is 2. The Bertz CT molecular complexity index is 439. The zero-order valence-corrected chi connectivity index (χ0v) is 13.6. The molecule has 0 heterocycles. The number of benzene rings is 1. The quantitative estimate of drug-likeness (QED) is 0.827. The highest BCUT2D eigenvalue weighted by Crippen LogP contribution is 2.48. The number of nitrogens with one attached hydrogen (secondary N) is 1. The van der Waals surface area contributed by atoms with Crippen LogP contribution in [0.1, 0.15) is 36.8 Å². The summed E-state index contributed by atoms with van der Waals surface area (Å²) in [5.41, 5.74) is 2.89. The minimum atomic E-state index is 0.976. The van der Waals surface area contributed by atoms with Crippen molar-refractivity contribution in [1.29, 1.82) is 0 Å². The standard InChI is InChI=1S/C19H30N2/c1-20-10-9-15-3-5-16(6-4-15)13-21(2)14-19-12-17-7-8-18(19)11-17/h3-6,17-20H,7-14H2,1-2H3. The second-order valence-electron chi connectivity index (χ2n) is 7.30. The Kier molecular flexibility index (Phi) is 4.97. The SMILES string of the molecule is CNCCc1ccc(CN(C)CC2CC3CCC2C3)cc1. The molecule has 21 heavy (non-hydrogen) atoms. The van der Waals surface area contributed by atoms with E-state index in [-0.39, 0.29) is 0 Å². The number of likely N-dealkylation sites (N-methyl/N-ethyl adjacent to an activating group) is 1. The van der Waals surface area contributed by atoms with E-state index in [0.717, 1.165) is 37.3 Å². The molecule has 0 amide bonds. The normalized spacial score (nSPS) is 27.7. The van der Waals surface area contributed by atoms with Crippen LogP contribution in [0.5, 0.6) is 0 Å². The van der Waals surface area contributed by atoms with Crippen LogP contribution in [-0.4, -0.2) is 32.1 Å². The van der Waals surface area contributed by atoms with Gasteiger partial charge < -0.3 is 10.2 Å². The molecule has 2 fully saturated rings. The maximum Gasteiger partial charge on any atom is 0.0230 e. The van der Waals surface area contributed by atoms with Gasteiger partial charge in [-0.2, -0.15) is 0 Å². The largest absolute Gasteiger partial charge is 0.319 e. The smallest absolute Gasteiger partial charge is 0.0230 e. The van der Waals surface area contributed by atoms with E-state index >= 15 is 0 Å². The molecule has 0 saturated heterocycles. The van der Waals surface area contributed by atoms with Crippen LogP contribution in [0.3, 0.4) is 0 Å². The molecule has 3 unspecified atom stereocenters. The fraction of sp³-hybridized carbons (Fsp3) is 0.684. The molecule has 0 radical (unpaired) electrons. The first kappa shape index (κ1) is 15.1. The first-order valence-electron chi connectivity index (χ1n) is 8.65. The highest BCUT2D eigenvalue weighted by molar-refractivity contribution is 5.22. The van der Waals surface area contributed by atoms with E-state index < -0.39 is 0 Å². The van der Waals surface area contributed by atoms with Crippen LogP contribution in [-0.2, 0) is 13.0 Å². The van der Waals surface area contributed by atoms with Crippen molar-refractivity contribution in [3.63, 3.8) is 0 Å². The van der Waals surface area contributed by atoms with Gasteiger partial charge in [-0.05, 0) is 75.2 Å². The Labute approximate surface area is 129 Å². The molecular weight excluding hydrogens is 256 g/mol. The minimum absolute atomic E-state index is 0.976. The lowest BCUT2D eigenvalue weighted by atomic mass is 9.88.